The molecule has 1 aliphatic rings. The third-order valence-electron chi connectivity index (χ3n) is 5.52. The molecule has 8 nitrogen and oxygen atoms in total. The quantitative estimate of drug-likeness (QED) is 0.545. The highest BCUT2D eigenvalue weighted by atomic mass is 32.1. The van der Waals surface area contributed by atoms with Gasteiger partial charge >= 0.3 is 5.69 Å². The Morgan fingerprint density at radius 1 is 1.40 bits per heavy atom. The Balaban J connectivity index is 1.49. The lowest BCUT2D eigenvalue weighted by molar-refractivity contribution is -0.117. The number of hydrogen-bond donors (Lipinski definition) is 1. The van der Waals surface area contributed by atoms with Crippen LogP contribution in [-0.2, 0) is 24.2 Å². The number of anilines is 1. The molecule has 1 atom stereocenters. The van der Waals surface area contributed by atoms with Gasteiger partial charge in [0.05, 0.1) is 12.5 Å². The monoisotopic (exact) mass is 423 g/mol. The number of benzene rings is 1. The molecule has 9 heteroatoms. The SMILES string of the molecule is COc1cccc(NC(=O)Cn2nc3c4c5c(sc4ncn3c2=O)C[C@@H](C)CC5)c1. The van der Waals surface area contributed by atoms with E-state index in [9.17, 15) is 9.59 Å². The van der Waals surface area contributed by atoms with E-state index >= 15 is 0 Å². The molecule has 0 aliphatic heterocycles. The predicted molar refractivity (Wildman–Crippen MR) is 115 cm³/mol. The smallest absolute Gasteiger partial charge is 0.352 e. The number of aromatic nitrogens is 4. The zero-order chi connectivity index (χ0) is 20.8. The number of fused-ring (bicyclic) bond motifs is 5. The van der Waals surface area contributed by atoms with Crippen molar-refractivity contribution in [2.75, 3.05) is 12.4 Å². The number of nitrogens with zero attached hydrogens (tertiary/aromatic N) is 4. The minimum absolute atomic E-state index is 0.178. The van der Waals surface area contributed by atoms with Crippen LogP contribution in [0.15, 0.2) is 35.4 Å². The van der Waals surface area contributed by atoms with Gasteiger partial charge < -0.3 is 10.1 Å². The van der Waals surface area contributed by atoms with Crippen molar-refractivity contribution in [2.24, 2.45) is 5.92 Å². The molecule has 1 aliphatic carbocycles. The van der Waals surface area contributed by atoms with Crippen LogP contribution in [0, 0.1) is 5.92 Å². The van der Waals surface area contributed by atoms with Crippen LogP contribution in [0.5, 0.6) is 5.75 Å². The van der Waals surface area contributed by atoms with Crippen molar-refractivity contribution in [3.8, 4) is 5.75 Å². The summed E-state index contributed by atoms with van der Waals surface area (Å²) < 4.78 is 7.80. The summed E-state index contributed by atoms with van der Waals surface area (Å²) in [6, 6.07) is 7.06. The molecule has 3 aromatic heterocycles. The molecule has 0 saturated heterocycles. The van der Waals surface area contributed by atoms with Crippen LogP contribution in [0.25, 0.3) is 15.9 Å². The van der Waals surface area contributed by atoms with Gasteiger partial charge in [-0.15, -0.1) is 16.4 Å². The normalized spacial score (nSPS) is 16.0. The minimum Gasteiger partial charge on any atom is -0.497 e. The van der Waals surface area contributed by atoms with Crippen molar-refractivity contribution in [3.05, 3.63) is 51.5 Å². The maximum atomic E-state index is 12.8. The average molecular weight is 423 g/mol. The summed E-state index contributed by atoms with van der Waals surface area (Å²) in [6.45, 7) is 2.08. The van der Waals surface area contributed by atoms with Crippen molar-refractivity contribution >= 4 is 38.8 Å². The fourth-order valence-electron chi connectivity index (χ4n) is 4.00. The number of carbonyl (C=O) groups excluding carboxylic acids is 1. The summed E-state index contributed by atoms with van der Waals surface area (Å²) in [4.78, 5) is 32.1. The Labute approximate surface area is 176 Å². The van der Waals surface area contributed by atoms with Crippen molar-refractivity contribution < 1.29 is 9.53 Å². The fourth-order valence-corrected chi connectivity index (χ4v) is 5.35. The summed E-state index contributed by atoms with van der Waals surface area (Å²) in [6.07, 6.45) is 4.63. The minimum atomic E-state index is -0.371. The molecule has 1 N–H and O–H groups in total. The number of amides is 1. The number of ether oxygens (including phenoxy) is 1. The molecule has 0 saturated carbocycles. The highest BCUT2D eigenvalue weighted by Gasteiger charge is 2.24. The molecular formula is C21H21N5O3S. The molecule has 1 amide bonds. The molecule has 1 aromatic carbocycles. The molecule has 5 rings (SSSR count). The Hall–Kier alpha value is -3.20. The number of thiophene rings is 1. The lowest BCUT2D eigenvalue weighted by Crippen LogP contribution is -2.28. The fraction of sp³-hybridized carbons (Fsp3) is 0.333. The summed E-state index contributed by atoms with van der Waals surface area (Å²) in [5.41, 5.74) is 2.06. The first kappa shape index (κ1) is 18.8. The number of methoxy groups -OCH3 is 1. The predicted octanol–water partition coefficient (Wildman–Crippen LogP) is 2.88. The van der Waals surface area contributed by atoms with Crippen molar-refractivity contribution in [1.82, 2.24) is 19.2 Å². The van der Waals surface area contributed by atoms with Gasteiger partial charge in [0.15, 0.2) is 5.65 Å². The molecule has 154 valence electrons. The number of carbonyl (C=O) groups is 1. The second kappa shape index (κ2) is 7.24. The summed E-state index contributed by atoms with van der Waals surface area (Å²) in [5.74, 6) is 0.962. The molecule has 30 heavy (non-hydrogen) atoms. The lowest BCUT2D eigenvalue weighted by atomic mass is 9.89. The molecular weight excluding hydrogens is 402 g/mol. The Morgan fingerprint density at radius 3 is 3.10 bits per heavy atom. The first-order valence-electron chi connectivity index (χ1n) is 9.86. The third-order valence-corrected chi connectivity index (χ3v) is 6.69. The number of hydrogen-bond acceptors (Lipinski definition) is 6. The highest BCUT2D eigenvalue weighted by Crippen LogP contribution is 2.38. The van der Waals surface area contributed by atoms with Crippen molar-refractivity contribution in [2.45, 2.75) is 32.7 Å². The van der Waals surface area contributed by atoms with Gasteiger partial charge in [-0.05, 0) is 42.9 Å². The van der Waals surface area contributed by atoms with E-state index in [0.717, 1.165) is 29.5 Å². The van der Waals surface area contributed by atoms with E-state index in [4.69, 9.17) is 4.74 Å². The van der Waals surface area contributed by atoms with Gasteiger partial charge in [-0.2, -0.15) is 0 Å². The molecule has 0 spiro atoms. The van der Waals surface area contributed by atoms with Gasteiger partial charge in [0.25, 0.3) is 0 Å². The number of nitrogens with one attached hydrogen (secondary N) is 1. The Kier molecular flexibility index (Phi) is 4.54. The van der Waals surface area contributed by atoms with E-state index < -0.39 is 0 Å². The van der Waals surface area contributed by atoms with E-state index in [1.165, 1.54) is 25.9 Å². The number of rotatable bonds is 4. The molecule has 3 heterocycles. The Bertz CT molecular complexity index is 1340. The molecule has 0 radical (unpaired) electrons. The first-order chi connectivity index (χ1) is 14.5. The maximum Gasteiger partial charge on any atom is 0.352 e. The molecule has 0 bridgehead atoms. The third kappa shape index (κ3) is 3.15. The summed E-state index contributed by atoms with van der Waals surface area (Å²) in [7, 11) is 1.57. The van der Waals surface area contributed by atoms with E-state index in [1.807, 2.05) is 0 Å². The zero-order valence-corrected chi connectivity index (χ0v) is 17.5. The first-order valence-corrected chi connectivity index (χ1v) is 10.7. The van der Waals surface area contributed by atoms with E-state index in [-0.39, 0.29) is 18.1 Å². The highest BCUT2D eigenvalue weighted by molar-refractivity contribution is 7.19. The second-order valence-electron chi connectivity index (χ2n) is 7.69. The average Bonchev–Trinajstić information content (AvgIpc) is 3.25. The van der Waals surface area contributed by atoms with Gasteiger partial charge in [-0.3, -0.25) is 4.79 Å². The molecule has 4 aromatic rings. The van der Waals surface area contributed by atoms with Gasteiger partial charge in [0, 0.05) is 16.6 Å². The van der Waals surface area contributed by atoms with Gasteiger partial charge in [-0.25, -0.2) is 18.9 Å². The standard InChI is InChI=1S/C21H21N5O3S/c1-12-6-7-15-16(8-12)30-20-18(15)19-24-26(21(28)25(19)11-22-20)10-17(27)23-13-4-3-5-14(9-13)29-2/h3-5,9,11-12H,6-8,10H2,1-2H3,(H,23,27)/t12-/m0/s1. The van der Waals surface area contributed by atoms with Crippen LogP contribution >= 0.6 is 11.3 Å². The van der Waals surface area contributed by atoms with Gasteiger partial charge in [0.2, 0.25) is 5.91 Å². The Morgan fingerprint density at radius 2 is 2.27 bits per heavy atom. The molecule has 0 fully saturated rings. The van der Waals surface area contributed by atoms with Crippen LogP contribution in [0.4, 0.5) is 5.69 Å². The lowest BCUT2D eigenvalue weighted by Gasteiger charge is -2.17. The molecule has 0 unspecified atom stereocenters. The zero-order valence-electron chi connectivity index (χ0n) is 16.7. The van der Waals surface area contributed by atoms with E-state index in [1.54, 1.807) is 42.7 Å². The van der Waals surface area contributed by atoms with Crippen LogP contribution in [0.3, 0.4) is 0 Å². The van der Waals surface area contributed by atoms with Gasteiger partial charge in [-0.1, -0.05) is 13.0 Å². The van der Waals surface area contributed by atoms with E-state index in [2.05, 4.69) is 22.3 Å². The number of aryl methyl sites for hydroxylation is 1. The van der Waals surface area contributed by atoms with Crippen LogP contribution in [0.1, 0.15) is 23.8 Å². The van der Waals surface area contributed by atoms with E-state index in [0.29, 0.717) is 23.0 Å². The van der Waals surface area contributed by atoms with Crippen molar-refractivity contribution in [3.63, 3.8) is 0 Å². The topological polar surface area (TPSA) is 90.5 Å². The summed E-state index contributed by atoms with van der Waals surface area (Å²) in [5, 5.41) is 8.24. The van der Waals surface area contributed by atoms with Gasteiger partial charge in [0.1, 0.15) is 23.5 Å². The second-order valence-corrected chi connectivity index (χ2v) is 8.77. The maximum absolute atomic E-state index is 12.8. The largest absolute Gasteiger partial charge is 0.497 e. The summed E-state index contributed by atoms with van der Waals surface area (Å²) >= 11 is 1.69. The van der Waals surface area contributed by atoms with Crippen molar-refractivity contribution in [1.29, 1.82) is 0 Å². The van der Waals surface area contributed by atoms with Crippen LogP contribution < -0.4 is 15.7 Å². The van der Waals surface area contributed by atoms with Crippen LogP contribution in [-0.4, -0.2) is 32.2 Å². The van der Waals surface area contributed by atoms with Crippen LogP contribution in [0.2, 0.25) is 0 Å².